The molecular weight excluding hydrogens is 349 g/mol. The second-order valence-electron chi connectivity index (χ2n) is 6.80. The summed E-state index contributed by atoms with van der Waals surface area (Å²) in [5, 5.41) is 10.4. The highest BCUT2D eigenvalue weighted by atomic mass is 19.4. The van der Waals surface area contributed by atoms with Gasteiger partial charge in [-0.1, -0.05) is 26.0 Å². The molecule has 1 aliphatic rings. The molecule has 0 unspecified atom stereocenters. The second-order valence-corrected chi connectivity index (χ2v) is 6.80. The predicted octanol–water partition coefficient (Wildman–Crippen LogP) is 3.21. The van der Waals surface area contributed by atoms with E-state index >= 15 is 0 Å². The Bertz CT molecular complexity index is 716. The number of nitrogens with one attached hydrogen (secondary N) is 1. The lowest BCUT2D eigenvalue weighted by Gasteiger charge is -2.33. The molecule has 1 aromatic rings. The Morgan fingerprint density at radius 2 is 2.04 bits per heavy atom. The normalized spacial score (nSPS) is 22.0. The fraction of sp³-hybridized carbons (Fsp3) is 0.500. The molecule has 5 nitrogen and oxygen atoms in total. The number of aliphatic hydroxyl groups is 1. The van der Waals surface area contributed by atoms with E-state index < -0.39 is 30.8 Å². The average molecular weight is 372 g/mol. The molecule has 0 aliphatic carbocycles. The molecule has 2 N–H and O–H groups in total. The minimum absolute atomic E-state index is 0.0446. The first kappa shape index (κ1) is 20.1. The summed E-state index contributed by atoms with van der Waals surface area (Å²) in [4.78, 5) is 12.3. The van der Waals surface area contributed by atoms with Gasteiger partial charge in [0.05, 0.1) is 0 Å². The van der Waals surface area contributed by atoms with Crippen LogP contribution < -0.4 is 10.2 Å². The summed E-state index contributed by atoms with van der Waals surface area (Å²) >= 11 is 0. The van der Waals surface area contributed by atoms with E-state index in [1.54, 1.807) is 32.0 Å². The van der Waals surface area contributed by atoms with Crippen LogP contribution >= 0.6 is 0 Å². The van der Waals surface area contributed by atoms with E-state index in [9.17, 15) is 23.1 Å². The van der Waals surface area contributed by atoms with Gasteiger partial charge in [0.25, 0.3) is 11.6 Å². The van der Waals surface area contributed by atoms with Gasteiger partial charge in [0.15, 0.2) is 6.61 Å². The van der Waals surface area contributed by atoms with Crippen molar-refractivity contribution in [3.63, 3.8) is 0 Å². The Morgan fingerprint density at radius 3 is 2.58 bits per heavy atom. The molecule has 2 rings (SSSR count). The van der Waals surface area contributed by atoms with Gasteiger partial charge in [-0.2, -0.15) is 13.2 Å². The maximum absolute atomic E-state index is 13.4. The highest BCUT2D eigenvalue weighted by Crippen LogP contribution is 2.41. The average Bonchev–Trinajstić information content (AvgIpc) is 2.85. The van der Waals surface area contributed by atoms with E-state index in [1.807, 2.05) is 13.8 Å². The minimum Gasteiger partial charge on any atom is -0.484 e. The maximum Gasteiger partial charge on any atom is 0.438 e. The summed E-state index contributed by atoms with van der Waals surface area (Å²) in [7, 11) is 0. The van der Waals surface area contributed by atoms with Crippen molar-refractivity contribution in [1.82, 2.24) is 10.4 Å². The van der Waals surface area contributed by atoms with Gasteiger partial charge >= 0.3 is 6.18 Å². The first-order chi connectivity index (χ1) is 11.9. The molecule has 1 aliphatic heterocycles. The summed E-state index contributed by atoms with van der Waals surface area (Å²) in [6, 6.07) is 5.12. The number of alkyl halides is 3. The Labute approximate surface area is 150 Å². The van der Waals surface area contributed by atoms with E-state index in [-0.39, 0.29) is 16.6 Å². The molecule has 1 atom stereocenters. The molecular formula is C18H23F3N2O3. The number of rotatable bonds is 4. The van der Waals surface area contributed by atoms with Gasteiger partial charge in [-0.25, -0.2) is 5.01 Å². The largest absolute Gasteiger partial charge is 0.484 e. The number of halogens is 3. The van der Waals surface area contributed by atoms with Crippen LogP contribution in [0.3, 0.4) is 0 Å². The van der Waals surface area contributed by atoms with E-state index in [4.69, 9.17) is 4.74 Å². The molecule has 8 heteroatoms. The lowest BCUT2D eigenvalue weighted by Crippen LogP contribution is -2.60. The first-order valence-electron chi connectivity index (χ1n) is 8.23. The smallest absolute Gasteiger partial charge is 0.438 e. The number of carbonyl (C=O) groups excluding carboxylic acids is 1. The molecule has 1 fully saturated rings. The maximum atomic E-state index is 13.4. The van der Waals surface area contributed by atoms with Crippen molar-refractivity contribution in [2.24, 2.45) is 5.92 Å². The first-order valence-corrected chi connectivity index (χ1v) is 8.23. The van der Waals surface area contributed by atoms with Crippen molar-refractivity contribution in [2.75, 3.05) is 6.61 Å². The molecule has 0 saturated carbocycles. The molecule has 0 radical (unpaired) electrons. The number of hydrazine groups is 1. The summed E-state index contributed by atoms with van der Waals surface area (Å²) in [5.41, 5.74) is 1.16. The zero-order valence-corrected chi connectivity index (χ0v) is 15.1. The number of nitrogens with zero attached hydrogens (tertiary/aromatic N) is 1. The molecule has 1 amide bonds. The third kappa shape index (κ3) is 4.12. The van der Waals surface area contributed by atoms with Gasteiger partial charge in [-0.15, -0.1) is 0 Å². The molecule has 1 aromatic carbocycles. The van der Waals surface area contributed by atoms with Crippen LogP contribution in [0.4, 0.5) is 13.2 Å². The highest BCUT2D eigenvalue weighted by Gasteiger charge is 2.63. The number of ether oxygens (including phenoxy) is 1. The SMILES string of the molecule is Cc1ccc(OCC(=O)N2N/C(=C\C(C)C)C[C@@]2(O)C(F)(F)F)cc1C. The van der Waals surface area contributed by atoms with Crippen LogP contribution in [-0.4, -0.2) is 34.5 Å². The summed E-state index contributed by atoms with van der Waals surface area (Å²) in [6.07, 6.45) is -4.22. The van der Waals surface area contributed by atoms with Crippen LogP contribution in [0.5, 0.6) is 5.75 Å². The second kappa shape index (κ2) is 7.19. The number of amides is 1. The Hall–Kier alpha value is -2.22. The van der Waals surface area contributed by atoms with E-state index in [0.29, 0.717) is 5.75 Å². The van der Waals surface area contributed by atoms with Gasteiger partial charge in [-0.3, -0.25) is 10.2 Å². The van der Waals surface area contributed by atoms with Crippen LogP contribution in [0, 0.1) is 19.8 Å². The Kier molecular flexibility index (Phi) is 5.55. The fourth-order valence-corrected chi connectivity index (χ4v) is 2.63. The summed E-state index contributed by atoms with van der Waals surface area (Å²) in [5.74, 6) is -0.693. The fourth-order valence-electron chi connectivity index (χ4n) is 2.63. The molecule has 0 aromatic heterocycles. The van der Waals surface area contributed by atoms with Gasteiger partial charge in [0.2, 0.25) is 0 Å². The van der Waals surface area contributed by atoms with Crippen LogP contribution in [0.25, 0.3) is 0 Å². The Morgan fingerprint density at radius 1 is 1.38 bits per heavy atom. The van der Waals surface area contributed by atoms with Gasteiger partial charge in [0.1, 0.15) is 5.75 Å². The van der Waals surface area contributed by atoms with Crippen molar-refractivity contribution in [3.8, 4) is 5.75 Å². The molecule has 26 heavy (non-hydrogen) atoms. The van der Waals surface area contributed by atoms with Crippen molar-refractivity contribution >= 4 is 5.91 Å². The number of hydrogen-bond acceptors (Lipinski definition) is 4. The Balaban J connectivity index is 2.17. The van der Waals surface area contributed by atoms with E-state index in [2.05, 4.69) is 5.43 Å². The number of hydrogen-bond donors (Lipinski definition) is 2. The van der Waals surface area contributed by atoms with Gasteiger partial charge < -0.3 is 9.84 Å². The molecule has 1 heterocycles. The summed E-state index contributed by atoms with van der Waals surface area (Å²) < 4.78 is 45.4. The van der Waals surface area contributed by atoms with E-state index in [0.717, 1.165) is 11.1 Å². The third-order valence-electron chi connectivity index (χ3n) is 4.14. The topological polar surface area (TPSA) is 61.8 Å². The molecule has 144 valence electrons. The predicted molar refractivity (Wildman–Crippen MR) is 89.9 cm³/mol. The van der Waals surface area contributed by atoms with Crippen LogP contribution in [0.15, 0.2) is 30.0 Å². The minimum atomic E-state index is -5.01. The summed E-state index contributed by atoms with van der Waals surface area (Å²) in [6.45, 7) is 6.70. The monoisotopic (exact) mass is 372 g/mol. The van der Waals surface area contributed by atoms with Crippen LogP contribution in [0.2, 0.25) is 0 Å². The quantitative estimate of drug-likeness (QED) is 0.852. The zero-order valence-electron chi connectivity index (χ0n) is 15.1. The van der Waals surface area contributed by atoms with E-state index in [1.165, 1.54) is 6.08 Å². The van der Waals surface area contributed by atoms with Crippen LogP contribution in [0.1, 0.15) is 31.4 Å². The van der Waals surface area contributed by atoms with Crippen molar-refractivity contribution in [1.29, 1.82) is 0 Å². The molecule has 0 bridgehead atoms. The number of aryl methyl sites for hydroxylation is 2. The lowest BCUT2D eigenvalue weighted by atomic mass is 10.1. The lowest BCUT2D eigenvalue weighted by molar-refractivity contribution is -0.304. The molecule has 1 saturated heterocycles. The van der Waals surface area contributed by atoms with Crippen LogP contribution in [-0.2, 0) is 4.79 Å². The third-order valence-corrected chi connectivity index (χ3v) is 4.14. The standard InChI is InChI=1S/C18H23F3N2O3/c1-11(2)7-14-9-17(25,18(19,20)21)23(22-14)16(24)10-26-15-6-5-12(3)13(4)8-15/h5-8,11,22,25H,9-10H2,1-4H3/b14-7-/t17-/m1/s1. The highest BCUT2D eigenvalue weighted by molar-refractivity contribution is 5.78. The van der Waals surface area contributed by atoms with Crippen molar-refractivity contribution < 1.29 is 27.8 Å². The molecule has 0 spiro atoms. The zero-order chi connectivity index (χ0) is 19.7. The van der Waals surface area contributed by atoms with Gasteiger partial charge in [-0.05, 0) is 43.0 Å². The van der Waals surface area contributed by atoms with Gasteiger partial charge in [0, 0.05) is 12.1 Å². The number of carbonyl (C=O) groups is 1. The van der Waals surface area contributed by atoms with Crippen molar-refractivity contribution in [3.05, 3.63) is 41.1 Å². The van der Waals surface area contributed by atoms with Crippen molar-refractivity contribution in [2.45, 2.75) is 46.0 Å². The number of allylic oxidation sites excluding steroid dienone is 1. The number of benzene rings is 1.